The van der Waals surface area contributed by atoms with Gasteiger partial charge in [-0.05, 0) is 23.8 Å². The number of rotatable bonds is 6. The molecular formula is C20H21N2O5. The first-order chi connectivity index (χ1) is 13.1. The lowest BCUT2D eigenvalue weighted by Gasteiger charge is -2.28. The van der Waals surface area contributed by atoms with Crippen molar-refractivity contribution in [3.8, 4) is 5.75 Å². The van der Waals surface area contributed by atoms with E-state index in [1.54, 1.807) is 46.0 Å². The van der Waals surface area contributed by atoms with Crippen LogP contribution in [0.1, 0.15) is 28.8 Å². The fourth-order valence-electron chi connectivity index (χ4n) is 3.01. The second-order valence-electron chi connectivity index (χ2n) is 6.41. The highest BCUT2D eigenvalue weighted by atomic mass is 16.5. The molecule has 1 saturated heterocycles. The first-order valence-corrected chi connectivity index (χ1v) is 8.76. The van der Waals surface area contributed by atoms with E-state index >= 15 is 0 Å². The largest absolute Gasteiger partial charge is 0.490 e. The monoisotopic (exact) mass is 369 g/mol. The minimum Gasteiger partial charge on any atom is -0.490 e. The van der Waals surface area contributed by atoms with E-state index in [9.17, 15) is 14.4 Å². The summed E-state index contributed by atoms with van der Waals surface area (Å²) in [6.45, 7) is 1.63. The highest BCUT2D eigenvalue weighted by molar-refractivity contribution is 5.89. The van der Waals surface area contributed by atoms with Crippen LogP contribution in [0.2, 0.25) is 0 Å². The number of methoxy groups -OCH3 is 1. The SMILES string of the molecule is COC(=O)c1ccc(Cn2ccc(OC3CCN([C]=O)CC3)cc2=O)cc1. The predicted molar refractivity (Wildman–Crippen MR) is 98.5 cm³/mol. The number of carbonyl (C=O) groups excluding carboxylic acids is 2. The molecule has 0 aliphatic carbocycles. The third kappa shape index (κ3) is 4.75. The molecule has 0 spiro atoms. The van der Waals surface area contributed by atoms with Crippen molar-refractivity contribution in [2.24, 2.45) is 0 Å². The van der Waals surface area contributed by atoms with Crippen LogP contribution in [0.4, 0.5) is 0 Å². The Morgan fingerprint density at radius 2 is 1.89 bits per heavy atom. The third-order valence-electron chi connectivity index (χ3n) is 4.57. The van der Waals surface area contributed by atoms with E-state index in [1.807, 2.05) is 6.41 Å². The lowest BCUT2D eigenvalue weighted by molar-refractivity contribution is 0.0600. The van der Waals surface area contributed by atoms with Gasteiger partial charge in [-0.25, -0.2) is 4.79 Å². The van der Waals surface area contributed by atoms with Crippen LogP contribution in [0.25, 0.3) is 0 Å². The molecule has 27 heavy (non-hydrogen) atoms. The summed E-state index contributed by atoms with van der Waals surface area (Å²) in [5, 5.41) is 0. The van der Waals surface area contributed by atoms with E-state index in [-0.39, 0.29) is 11.7 Å². The van der Waals surface area contributed by atoms with Gasteiger partial charge in [0, 0.05) is 38.2 Å². The number of ether oxygens (including phenoxy) is 2. The molecule has 0 saturated carbocycles. The number of piperidine rings is 1. The Morgan fingerprint density at radius 1 is 1.19 bits per heavy atom. The minimum absolute atomic E-state index is 0.00397. The first kappa shape index (κ1) is 18.7. The zero-order valence-corrected chi connectivity index (χ0v) is 15.1. The van der Waals surface area contributed by atoms with Crippen LogP contribution in [0.5, 0.6) is 5.75 Å². The van der Waals surface area contributed by atoms with Crippen molar-refractivity contribution in [1.82, 2.24) is 9.47 Å². The van der Waals surface area contributed by atoms with Crippen LogP contribution in [-0.4, -0.2) is 48.1 Å². The van der Waals surface area contributed by atoms with Crippen molar-refractivity contribution >= 4 is 12.4 Å². The second kappa shape index (κ2) is 8.53. The molecule has 1 amide bonds. The van der Waals surface area contributed by atoms with Crippen molar-refractivity contribution in [3.63, 3.8) is 0 Å². The van der Waals surface area contributed by atoms with Crippen molar-refractivity contribution in [1.29, 1.82) is 0 Å². The molecule has 7 nitrogen and oxygen atoms in total. The van der Waals surface area contributed by atoms with E-state index < -0.39 is 5.97 Å². The number of aromatic nitrogens is 1. The quantitative estimate of drug-likeness (QED) is 0.723. The molecule has 141 valence electrons. The van der Waals surface area contributed by atoms with Gasteiger partial charge in [-0.2, -0.15) is 0 Å². The van der Waals surface area contributed by atoms with Gasteiger partial charge in [0.1, 0.15) is 11.9 Å². The third-order valence-corrected chi connectivity index (χ3v) is 4.57. The molecule has 2 heterocycles. The predicted octanol–water partition coefficient (Wildman–Crippen LogP) is 1.59. The van der Waals surface area contributed by atoms with Crippen molar-refractivity contribution < 1.29 is 19.1 Å². The van der Waals surface area contributed by atoms with Crippen LogP contribution in [0.3, 0.4) is 0 Å². The molecule has 7 heteroatoms. The highest BCUT2D eigenvalue weighted by Gasteiger charge is 2.20. The number of esters is 1. The molecule has 1 radical (unpaired) electrons. The van der Waals surface area contributed by atoms with Crippen LogP contribution in [-0.2, 0) is 16.1 Å². The number of hydrogen-bond donors (Lipinski definition) is 0. The summed E-state index contributed by atoms with van der Waals surface area (Å²) in [4.78, 5) is 36.0. The van der Waals surface area contributed by atoms with E-state index in [0.717, 1.165) is 18.4 Å². The number of likely N-dealkylation sites (tertiary alicyclic amines) is 1. The smallest absolute Gasteiger partial charge is 0.337 e. The molecule has 1 aliphatic rings. The summed E-state index contributed by atoms with van der Waals surface area (Å²) >= 11 is 0. The molecule has 0 N–H and O–H groups in total. The zero-order chi connectivity index (χ0) is 19.2. The number of pyridine rings is 1. The van der Waals surface area contributed by atoms with Gasteiger partial charge in [0.05, 0.1) is 19.2 Å². The van der Waals surface area contributed by atoms with E-state index in [2.05, 4.69) is 4.74 Å². The average molecular weight is 369 g/mol. The number of amides is 1. The number of benzene rings is 1. The number of carbonyl (C=O) groups is 1. The van der Waals surface area contributed by atoms with Gasteiger partial charge in [0.2, 0.25) is 0 Å². The summed E-state index contributed by atoms with van der Waals surface area (Å²) in [5.41, 5.74) is 1.20. The maximum absolute atomic E-state index is 12.4. The topological polar surface area (TPSA) is 77.8 Å². The molecule has 1 fully saturated rings. The minimum atomic E-state index is -0.392. The van der Waals surface area contributed by atoms with E-state index in [1.165, 1.54) is 13.2 Å². The summed E-state index contributed by atoms with van der Waals surface area (Å²) in [6.07, 6.45) is 5.03. The molecule has 0 unspecified atom stereocenters. The fourth-order valence-corrected chi connectivity index (χ4v) is 3.01. The average Bonchev–Trinajstić information content (AvgIpc) is 2.70. The summed E-state index contributed by atoms with van der Waals surface area (Å²) in [6, 6.07) is 10.2. The second-order valence-corrected chi connectivity index (χ2v) is 6.41. The normalized spacial score (nSPS) is 14.6. The van der Waals surface area contributed by atoms with Crippen molar-refractivity contribution in [2.75, 3.05) is 20.2 Å². The van der Waals surface area contributed by atoms with Crippen LogP contribution in [0, 0.1) is 0 Å². The van der Waals surface area contributed by atoms with Crippen LogP contribution in [0.15, 0.2) is 47.4 Å². The highest BCUT2D eigenvalue weighted by Crippen LogP contribution is 2.17. The zero-order valence-electron chi connectivity index (χ0n) is 15.1. The van der Waals surface area contributed by atoms with Gasteiger partial charge < -0.3 is 18.9 Å². The van der Waals surface area contributed by atoms with E-state index in [4.69, 9.17) is 4.74 Å². The van der Waals surface area contributed by atoms with Crippen LogP contribution < -0.4 is 10.3 Å². The van der Waals surface area contributed by atoms with Crippen molar-refractivity contribution in [3.05, 3.63) is 64.1 Å². The van der Waals surface area contributed by atoms with Gasteiger partial charge in [0.25, 0.3) is 5.56 Å². The van der Waals surface area contributed by atoms with Gasteiger partial charge in [-0.3, -0.25) is 9.59 Å². The maximum atomic E-state index is 12.4. The lowest BCUT2D eigenvalue weighted by atomic mass is 10.1. The first-order valence-electron chi connectivity index (χ1n) is 8.76. The standard InChI is InChI=1S/C20H21N2O5/c1-26-20(25)16-4-2-15(3-5-16)13-22-11-8-18(12-19(22)24)27-17-6-9-21(14-23)10-7-17/h2-5,8,11-12,17H,6-7,9-10,13H2,1H3. The van der Waals surface area contributed by atoms with E-state index in [0.29, 0.717) is 30.9 Å². The van der Waals surface area contributed by atoms with Crippen LogP contribution >= 0.6 is 0 Å². The van der Waals surface area contributed by atoms with Gasteiger partial charge >= 0.3 is 12.4 Å². The lowest BCUT2D eigenvalue weighted by Crippen LogP contribution is -2.37. The Balaban J connectivity index is 1.62. The fraction of sp³-hybridized carbons (Fsp3) is 0.350. The van der Waals surface area contributed by atoms with Gasteiger partial charge in [-0.15, -0.1) is 0 Å². The number of nitrogens with zero attached hydrogens (tertiary/aromatic N) is 2. The molecule has 1 aromatic carbocycles. The van der Waals surface area contributed by atoms with Gasteiger partial charge in [0.15, 0.2) is 0 Å². The Bertz CT molecular complexity index is 851. The maximum Gasteiger partial charge on any atom is 0.337 e. The summed E-state index contributed by atoms with van der Waals surface area (Å²) in [5.74, 6) is 0.142. The summed E-state index contributed by atoms with van der Waals surface area (Å²) in [7, 11) is 1.34. The molecule has 1 aromatic heterocycles. The van der Waals surface area contributed by atoms with Crippen molar-refractivity contribution in [2.45, 2.75) is 25.5 Å². The Kier molecular flexibility index (Phi) is 5.90. The molecule has 1 aliphatic heterocycles. The number of hydrogen-bond acceptors (Lipinski definition) is 5. The molecule has 0 atom stereocenters. The Morgan fingerprint density at radius 3 is 2.48 bits per heavy atom. The Labute approximate surface area is 157 Å². The Hall–Kier alpha value is -3.09. The molecule has 3 rings (SSSR count). The van der Waals surface area contributed by atoms with Gasteiger partial charge in [-0.1, -0.05) is 12.1 Å². The molecule has 0 bridgehead atoms. The summed E-state index contributed by atoms with van der Waals surface area (Å²) < 4.78 is 12.1. The molecule has 2 aromatic rings. The molecular weight excluding hydrogens is 348 g/mol.